The summed E-state index contributed by atoms with van der Waals surface area (Å²) in [5, 5.41) is 2.80. The fourth-order valence-electron chi connectivity index (χ4n) is 1.16. The van der Waals surface area contributed by atoms with E-state index in [1.165, 1.54) is 6.20 Å². The molecule has 0 saturated carbocycles. The fraction of sp³-hybridized carbons (Fsp3) is 0.444. The molecule has 1 heterocycles. The van der Waals surface area contributed by atoms with Gasteiger partial charge in [0.05, 0.1) is 5.56 Å². The second kappa shape index (κ2) is 4.41. The Labute approximate surface area is 80.2 Å². The van der Waals surface area contributed by atoms with Gasteiger partial charge in [0, 0.05) is 12.4 Å². The topological polar surface area (TPSA) is 24.9 Å². The molecule has 0 unspecified atom stereocenters. The Morgan fingerprint density at radius 3 is 2.71 bits per heavy atom. The predicted molar refractivity (Wildman–Crippen MR) is 46.9 cm³/mol. The van der Waals surface area contributed by atoms with Crippen LogP contribution in [0.1, 0.15) is 11.1 Å². The Morgan fingerprint density at radius 1 is 1.43 bits per heavy atom. The van der Waals surface area contributed by atoms with Gasteiger partial charge in [-0.15, -0.1) is 0 Å². The van der Waals surface area contributed by atoms with Crippen LogP contribution in [0.4, 0.5) is 13.2 Å². The first kappa shape index (κ1) is 11.0. The summed E-state index contributed by atoms with van der Waals surface area (Å²) in [6.07, 6.45) is -1.53. The van der Waals surface area contributed by atoms with E-state index >= 15 is 0 Å². The zero-order valence-corrected chi connectivity index (χ0v) is 7.73. The molecule has 0 fully saturated rings. The number of pyridine rings is 1. The van der Waals surface area contributed by atoms with Crippen molar-refractivity contribution in [2.24, 2.45) is 0 Å². The minimum Gasteiger partial charge on any atom is -0.319 e. The smallest absolute Gasteiger partial charge is 0.319 e. The van der Waals surface area contributed by atoms with Crippen molar-refractivity contribution in [1.29, 1.82) is 0 Å². The molecule has 1 rings (SSSR count). The number of rotatable bonds is 3. The second-order valence-corrected chi connectivity index (χ2v) is 2.88. The van der Waals surface area contributed by atoms with Gasteiger partial charge < -0.3 is 5.32 Å². The maximum absolute atomic E-state index is 12.4. The van der Waals surface area contributed by atoms with Crippen LogP contribution in [0.5, 0.6) is 0 Å². The van der Waals surface area contributed by atoms with Gasteiger partial charge in [-0.25, -0.2) is 0 Å². The number of hydrogen-bond donors (Lipinski definition) is 1. The van der Waals surface area contributed by atoms with Crippen LogP contribution in [0.3, 0.4) is 0 Å². The molecule has 5 heteroatoms. The molecule has 0 spiro atoms. The van der Waals surface area contributed by atoms with E-state index in [0.717, 1.165) is 12.3 Å². The first-order chi connectivity index (χ1) is 6.55. The summed E-state index contributed by atoms with van der Waals surface area (Å²) in [6.45, 7) is 0.509. The fourth-order valence-corrected chi connectivity index (χ4v) is 1.16. The number of nitrogens with one attached hydrogen (secondary N) is 1. The Kier molecular flexibility index (Phi) is 3.46. The highest BCUT2D eigenvalue weighted by molar-refractivity contribution is 5.26. The minimum absolute atomic E-state index is 0.231. The third kappa shape index (κ3) is 2.70. The van der Waals surface area contributed by atoms with Crippen LogP contribution >= 0.6 is 0 Å². The molecule has 14 heavy (non-hydrogen) atoms. The van der Waals surface area contributed by atoms with Crippen molar-refractivity contribution >= 4 is 0 Å². The third-order valence-corrected chi connectivity index (χ3v) is 1.85. The van der Waals surface area contributed by atoms with E-state index in [4.69, 9.17) is 0 Å². The van der Waals surface area contributed by atoms with Gasteiger partial charge >= 0.3 is 6.18 Å². The number of alkyl halides is 3. The average molecular weight is 204 g/mol. The zero-order valence-electron chi connectivity index (χ0n) is 7.73. The SMILES string of the molecule is CNCCc1cnccc1C(F)(F)F. The summed E-state index contributed by atoms with van der Waals surface area (Å²) in [6, 6.07) is 1.00. The van der Waals surface area contributed by atoms with Crippen molar-refractivity contribution in [2.75, 3.05) is 13.6 Å². The van der Waals surface area contributed by atoms with Gasteiger partial charge in [-0.2, -0.15) is 13.2 Å². The summed E-state index contributed by atoms with van der Waals surface area (Å²) >= 11 is 0. The van der Waals surface area contributed by atoms with Gasteiger partial charge in [-0.05, 0) is 31.6 Å². The maximum Gasteiger partial charge on any atom is 0.416 e. The summed E-state index contributed by atoms with van der Waals surface area (Å²) in [5.41, 5.74) is -0.364. The van der Waals surface area contributed by atoms with Gasteiger partial charge in [-0.1, -0.05) is 0 Å². The van der Waals surface area contributed by atoms with Crippen molar-refractivity contribution in [2.45, 2.75) is 12.6 Å². The van der Waals surface area contributed by atoms with Crippen LogP contribution in [-0.2, 0) is 12.6 Å². The molecule has 0 aliphatic rings. The lowest BCUT2D eigenvalue weighted by molar-refractivity contribution is -0.138. The number of nitrogens with zero attached hydrogens (tertiary/aromatic N) is 1. The lowest BCUT2D eigenvalue weighted by Gasteiger charge is -2.11. The molecule has 78 valence electrons. The van der Waals surface area contributed by atoms with Crippen LogP contribution in [0, 0.1) is 0 Å². The molecule has 1 aromatic heterocycles. The second-order valence-electron chi connectivity index (χ2n) is 2.88. The third-order valence-electron chi connectivity index (χ3n) is 1.85. The van der Waals surface area contributed by atoms with Crippen molar-refractivity contribution in [1.82, 2.24) is 10.3 Å². The lowest BCUT2D eigenvalue weighted by Crippen LogP contribution is -2.15. The Morgan fingerprint density at radius 2 is 2.14 bits per heavy atom. The van der Waals surface area contributed by atoms with Gasteiger partial charge in [-0.3, -0.25) is 4.98 Å². The summed E-state index contributed by atoms with van der Waals surface area (Å²) in [7, 11) is 1.70. The maximum atomic E-state index is 12.4. The molecule has 0 aliphatic heterocycles. The largest absolute Gasteiger partial charge is 0.416 e. The van der Waals surface area contributed by atoms with Gasteiger partial charge in [0.2, 0.25) is 0 Å². The minimum atomic E-state index is -4.29. The first-order valence-electron chi connectivity index (χ1n) is 4.20. The molecule has 0 amide bonds. The molecule has 0 atom stereocenters. The number of halogens is 3. The number of likely N-dealkylation sites (N-methyl/N-ethyl adjacent to an activating group) is 1. The molecule has 0 bridgehead atoms. The van der Waals surface area contributed by atoms with Crippen LogP contribution < -0.4 is 5.32 Å². The van der Waals surface area contributed by atoms with Crippen LogP contribution in [0.15, 0.2) is 18.5 Å². The quantitative estimate of drug-likeness (QED) is 0.812. The molecule has 0 aromatic carbocycles. The van der Waals surface area contributed by atoms with Crippen molar-refractivity contribution in [3.8, 4) is 0 Å². The van der Waals surface area contributed by atoms with E-state index in [2.05, 4.69) is 10.3 Å². The van der Waals surface area contributed by atoms with Crippen molar-refractivity contribution < 1.29 is 13.2 Å². The van der Waals surface area contributed by atoms with E-state index in [0.29, 0.717) is 13.0 Å². The zero-order chi connectivity index (χ0) is 10.6. The van der Waals surface area contributed by atoms with Crippen molar-refractivity contribution in [3.63, 3.8) is 0 Å². The van der Waals surface area contributed by atoms with E-state index < -0.39 is 11.7 Å². The molecule has 2 nitrogen and oxygen atoms in total. The predicted octanol–water partition coefficient (Wildman–Crippen LogP) is 1.86. The first-order valence-corrected chi connectivity index (χ1v) is 4.20. The van der Waals surface area contributed by atoms with Crippen LogP contribution in [-0.4, -0.2) is 18.6 Å². The normalized spacial score (nSPS) is 11.7. The lowest BCUT2D eigenvalue weighted by atomic mass is 10.1. The highest BCUT2D eigenvalue weighted by Crippen LogP contribution is 2.31. The van der Waals surface area contributed by atoms with Gasteiger partial charge in [0.25, 0.3) is 0 Å². The molecule has 1 aromatic rings. The highest BCUT2D eigenvalue weighted by atomic mass is 19.4. The van der Waals surface area contributed by atoms with E-state index in [1.807, 2.05) is 0 Å². The molecule has 0 saturated heterocycles. The van der Waals surface area contributed by atoms with Gasteiger partial charge in [0.1, 0.15) is 0 Å². The van der Waals surface area contributed by atoms with E-state index in [1.54, 1.807) is 7.05 Å². The standard InChI is InChI=1S/C9H11F3N2/c1-13-4-2-7-6-14-5-3-8(7)9(10,11)12/h3,5-6,13H,2,4H2,1H3. The average Bonchev–Trinajstić information content (AvgIpc) is 2.14. The Balaban J connectivity index is 2.92. The molecule has 0 aliphatic carbocycles. The highest BCUT2D eigenvalue weighted by Gasteiger charge is 2.32. The van der Waals surface area contributed by atoms with Crippen LogP contribution in [0.25, 0.3) is 0 Å². The Bertz CT molecular complexity index is 296. The summed E-state index contributed by atoms with van der Waals surface area (Å²) in [4.78, 5) is 3.68. The monoisotopic (exact) mass is 204 g/mol. The molecule has 0 radical (unpaired) electrons. The Hall–Kier alpha value is -1.10. The molecule has 1 N–H and O–H groups in total. The van der Waals surface area contributed by atoms with E-state index in [9.17, 15) is 13.2 Å². The molecular formula is C9H11F3N2. The molecular weight excluding hydrogens is 193 g/mol. The van der Waals surface area contributed by atoms with Crippen molar-refractivity contribution in [3.05, 3.63) is 29.6 Å². The van der Waals surface area contributed by atoms with E-state index in [-0.39, 0.29) is 5.56 Å². The van der Waals surface area contributed by atoms with Crippen LogP contribution in [0.2, 0.25) is 0 Å². The summed E-state index contributed by atoms with van der Waals surface area (Å²) in [5.74, 6) is 0. The van der Waals surface area contributed by atoms with Gasteiger partial charge in [0.15, 0.2) is 0 Å². The number of aromatic nitrogens is 1. The summed E-state index contributed by atoms with van der Waals surface area (Å²) < 4.78 is 37.3. The number of hydrogen-bond acceptors (Lipinski definition) is 2.